The molecule has 2 aromatic rings. The summed E-state index contributed by atoms with van der Waals surface area (Å²) < 4.78 is 0. The van der Waals surface area contributed by atoms with Crippen LogP contribution in [-0.4, -0.2) is 0 Å². The molecule has 0 radical (unpaired) electrons. The van der Waals surface area contributed by atoms with Gasteiger partial charge >= 0.3 is 0 Å². The molecular formula is C14H12. The van der Waals surface area contributed by atoms with E-state index >= 15 is 0 Å². The van der Waals surface area contributed by atoms with Crippen LogP contribution < -0.4 is 0 Å². The molecule has 0 fully saturated rings. The molecule has 1 aliphatic rings. The van der Waals surface area contributed by atoms with Crippen LogP contribution >= 0.6 is 0 Å². The molecule has 0 atom stereocenters. The molecule has 0 nitrogen and oxygen atoms in total. The second kappa shape index (κ2) is 2.48. The van der Waals surface area contributed by atoms with Gasteiger partial charge in [-0.15, -0.1) is 0 Å². The standard InChI is InChI=1S/C14H12/c1-9-8-12-5-3-4-11-6-7-13(10(9)2)14(11)12/h3-8H,1-2H3. The number of benzene rings is 2. The Morgan fingerprint density at radius 2 is 1.86 bits per heavy atom. The van der Waals surface area contributed by atoms with Gasteiger partial charge in [-0.1, -0.05) is 36.4 Å². The summed E-state index contributed by atoms with van der Waals surface area (Å²) in [6.45, 7) is 4.39. The molecule has 0 N–H and O–H groups in total. The highest BCUT2D eigenvalue weighted by molar-refractivity contribution is 6.06. The van der Waals surface area contributed by atoms with Crippen molar-refractivity contribution in [2.24, 2.45) is 0 Å². The average molecular weight is 180 g/mol. The molecule has 0 saturated heterocycles. The van der Waals surface area contributed by atoms with Gasteiger partial charge in [0.25, 0.3) is 0 Å². The molecule has 0 heteroatoms. The molecule has 68 valence electrons. The maximum Gasteiger partial charge on any atom is -0.00360 e. The Morgan fingerprint density at radius 3 is 2.71 bits per heavy atom. The molecular weight excluding hydrogens is 168 g/mol. The lowest BCUT2D eigenvalue weighted by molar-refractivity contribution is 1.35. The SMILES string of the molecule is Cc1cc2cccc3c2c(c1C)C=C3. The predicted octanol–water partition coefficient (Wildman–Crippen LogP) is 3.94. The largest absolute Gasteiger partial charge is 0.0610 e. The van der Waals surface area contributed by atoms with Crippen molar-refractivity contribution in [3.8, 4) is 0 Å². The summed E-state index contributed by atoms with van der Waals surface area (Å²) in [4.78, 5) is 0. The van der Waals surface area contributed by atoms with E-state index < -0.39 is 0 Å². The maximum absolute atomic E-state index is 2.28. The van der Waals surface area contributed by atoms with E-state index in [9.17, 15) is 0 Å². The Labute approximate surface area is 83.9 Å². The van der Waals surface area contributed by atoms with Crippen LogP contribution in [0.1, 0.15) is 22.3 Å². The Balaban J connectivity index is 2.61. The van der Waals surface area contributed by atoms with E-state index in [0.29, 0.717) is 0 Å². The molecule has 14 heavy (non-hydrogen) atoms. The van der Waals surface area contributed by atoms with Gasteiger partial charge in [0.2, 0.25) is 0 Å². The summed E-state index contributed by atoms with van der Waals surface area (Å²) in [7, 11) is 0. The third kappa shape index (κ3) is 0.832. The Kier molecular flexibility index (Phi) is 1.38. The summed E-state index contributed by atoms with van der Waals surface area (Å²) in [5.74, 6) is 0. The van der Waals surface area contributed by atoms with Crippen LogP contribution in [0.2, 0.25) is 0 Å². The number of hydrogen-bond donors (Lipinski definition) is 0. The zero-order valence-electron chi connectivity index (χ0n) is 8.46. The fourth-order valence-corrected chi connectivity index (χ4v) is 2.28. The molecule has 0 bridgehead atoms. The van der Waals surface area contributed by atoms with Crippen molar-refractivity contribution in [1.82, 2.24) is 0 Å². The molecule has 0 unspecified atom stereocenters. The first-order valence-electron chi connectivity index (χ1n) is 4.98. The summed E-state index contributed by atoms with van der Waals surface area (Å²) in [6, 6.07) is 8.79. The summed E-state index contributed by atoms with van der Waals surface area (Å²) in [6.07, 6.45) is 4.45. The third-order valence-electron chi connectivity index (χ3n) is 3.20. The van der Waals surface area contributed by atoms with E-state index in [1.807, 2.05) is 0 Å². The van der Waals surface area contributed by atoms with Gasteiger partial charge in [0.1, 0.15) is 0 Å². The van der Waals surface area contributed by atoms with Gasteiger partial charge in [-0.25, -0.2) is 0 Å². The number of rotatable bonds is 0. The fourth-order valence-electron chi connectivity index (χ4n) is 2.28. The minimum atomic E-state index is 1.36. The van der Waals surface area contributed by atoms with E-state index in [1.165, 1.54) is 33.0 Å². The third-order valence-corrected chi connectivity index (χ3v) is 3.20. The van der Waals surface area contributed by atoms with Gasteiger partial charge in [0.05, 0.1) is 0 Å². The highest BCUT2D eigenvalue weighted by atomic mass is 14.2. The lowest BCUT2D eigenvalue weighted by Crippen LogP contribution is -1.87. The van der Waals surface area contributed by atoms with Crippen LogP contribution in [0.15, 0.2) is 24.3 Å². The molecule has 0 saturated carbocycles. The molecule has 2 aromatic carbocycles. The first-order valence-corrected chi connectivity index (χ1v) is 4.98. The van der Waals surface area contributed by atoms with Crippen molar-refractivity contribution in [2.75, 3.05) is 0 Å². The van der Waals surface area contributed by atoms with E-state index in [4.69, 9.17) is 0 Å². The Bertz CT molecular complexity index is 560. The molecule has 0 heterocycles. The summed E-state index contributed by atoms with van der Waals surface area (Å²) >= 11 is 0. The van der Waals surface area contributed by atoms with E-state index in [1.54, 1.807) is 0 Å². The number of hydrogen-bond acceptors (Lipinski definition) is 0. The first-order chi connectivity index (χ1) is 6.77. The van der Waals surface area contributed by atoms with Gasteiger partial charge in [-0.3, -0.25) is 0 Å². The lowest BCUT2D eigenvalue weighted by Gasteiger charge is -2.08. The summed E-state index contributed by atoms with van der Waals surface area (Å²) in [5, 5.41) is 2.79. The molecule has 0 aliphatic heterocycles. The average Bonchev–Trinajstić information content (AvgIpc) is 2.60. The van der Waals surface area contributed by atoms with Crippen LogP contribution in [0.5, 0.6) is 0 Å². The van der Waals surface area contributed by atoms with Gasteiger partial charge in [0, 0.05) is 0 Å². The van der Waals surface area contributed by atoms with Crippen molar-refractivity contribution in [1.29, 1.82) is 0 Å². The molecule has 0 amide bonds. The van der Waals surface area contributed by atoms with E-state index in [2.05, 4.69) is 50.3 Å². The van der Waals surface area contributed by atoms with Gasteiger partial charge in [0.15, 0.2) is 0 Å². The van der Waals surface area contributed by atoms with Crippen molar-refractivity contribution in [3.05, 3.63) is 46.5 Å². The highest BCUT2D eigenvalue weighted by Gasteiger charge is 2.11. The zero-order valence-corrected chi connectivity index (χ0v) is 8.46. The first kappa shape index (κ1) is 7.81. The highest BCUT2D eigenvalue weighted by Crippen LogP contribution is 2.34. The van der Waals surface area contributed by atoms with E-state index in [0.717, 1.165) is 0 Å². The van der Waals surface area contributed by atoms with Crippen molar-refractivity contribution >= 4 is 22.9 Å². The van der Waals surface area contributed by atoms with Crippen LogP contribution in [0, 0.1) is 13.8 Å². The van der Waals surface area contributed by atoms with Crippen molar-refractivity contribution in [3.63, 3.8) is 0 Å². The minimum Gasteiger partial charge on any atom is -0.0610 e. The van der Waals surface area contributed by atoms with E-state index in [-0.39, 0.29) is 0 Å². The Hall–Kier alpha value is -1.56. The fraction of sp³-hybridized carbons (Fsp3) is 0.143. The van der Waals surface area contributed by atoms with Gasteiger partial charge < -0.3 is 0 Å². The Morgan fingerprint density at radius 1 is 1.00 bits per heavy atom. The van der Waals surface area contributed by atoms with Crippen LogP contribution in [0.25, 0.3) is 22.9 Å². The van der Waals surface area contributed by atoms with Crippen molar-refractivity contribution in [2.45, 2.75) is 13.8 Å². The van der Waals surface area contributed by atoms with Crippen molar-refractivity contribution < 1.29 is 0 Å². The second-order valence-electron chi connectivity index (χ2n) is 4.01. The maximum atomic E-state index is 2.28. The van der Waals surface area contributed by atoms with Gasteiger partial charge in [-0.2, -0.15) is 0 Å². The van der Waals surface area contributed by atoms with Crippen LogP contribution in [0.3, 0.4) is 0 Å². The van der Waals surface area contributed by atoms with Crippen LogP contribution in [0.4, 0.5) is 0 Å². The molecule has 0 spiro atoms. The topological polar surface area (TPSA) is 0 Å². The number of aryl methyl sites for hydroxylation is 1. The minimum absolute atomic E-state index is 1.36. The van der Waals surface area contributed by atoms with Gasteiger partial charge in [-0.05, 0) is 46.9 Å². The molecule has 1 aliphatic carbocycles. The zero-order chi connectivity index (χ0) is 9.71. The quantitative estimate of drug-likeness (QED) is 0.491. The predicted molar refractivity (Wildman–Crippen MR) is 62.4 cm³/mol. The second-order valence-corrected chi connectivity index (χ2v) is 4.01. The molecule has 0 aromatic heterocycles. The van der Waals surface area contributed by atoms with Crippen LogP contribution in [-0.2, 0) is 0 Å². The summed E-state index contributed by atoms with van der Waals surface area (Å²) in [5.41, 5.74) is 5.58. The monoisotopic (exact) mass is 180 g/mol. The smallest absolute Gasteiger partial charge is 0.00360 e. The molecule has 3 rings (SSSR count). The normalized spacial score (nSPS) is 12.7. The lowest BCUT2D eigenvalue weighted by atomic mass is 9.96.